The van der Waals surface area contributed by atoms with E-state index in [-0.39, 0.29) is 24.8 Å². The van der Waals surface area contributed by atoms with E-state index in [1.165, 1.54) is 0 Å². The van der Waals surface area contributed by atoms with Crippen molar-refractivity contribution < 1.29 is 13.9 Å². The second-order valence-electron chi connectivity index (χ2n) is 5.59. The van der Waals surface area contributed by atoms with Crippen LogP contribution in [0.25, 0.3) is 0 Å². The van der Waals surface area contributed by atoms with Crippen molar-refractivity contribution >= 4 is 40.7 Å². The van der Waals surface area contributed by atoms with Crippen LogP contribution in [0.3, 0.4) is 0 Å². The quantitative estimate of drug-likeness (QED) is 0.577. The number of nitrogens with zero attached hydrogens (tertiary/aromatic N) is 2. The molecule has 2 aromatic heterocycles. The fourth-order valence-corrected chi connectivity index (χ4v) is 2.97. The number of carbonyl (C=O) groups is 1. The first-order valence-electron chi connectivity index (χ1n) is 8.13. The topological polar surface area (TPSA) is 69.3 Å². The van der Waals surface area contributed by atoms with Gasteiger partial charge in [0, 0.05) is 17.8 Å². The molecule has 2 heterocycles. The van der Waals surface area contributed by atoms with Gasteiger partial charge in [-0.3, -0.25) is 9.48 Å². The third-order valence-electron chi connectivity index (χ3n) is 3.68. The van der Waals surface area contributed by atoms with Gasteiger partial charge in [0.2, 0.25) is 0 Å². The first-order valence-corrected chi connectivity index (χ1v) is 9.26. The Morgan fingerprint density at radius 3 is 2.74 bits per heavy atom. The lowest BCUT2D eigenvalue weighted by molar-refractivity contribution is 0.0918. The van der Waals surface area contributed by atoms with Gasteiger partial charge in [0.1, 0.15) is 23.8 Å². The first-order chi connectivity index (χ1) is 13.0. The number of amides is 1. The normalized spacial score (nSPS) is 10.8. The molecule has 1 N–H and O–H groups in total. The van der Waals surface area contributed by atoms with E-state index in [4.69, 9.17) is 44.0 Å². The number of aryl methyl sites for hydroxylation is 1. The molecule has 0 aliphatic rings. The summed E-state index contributed by atoms with van der Waals surface area (Å²) in [7, 11) is 0. The molecule has 0 saturated heterocycles. The molecule has 3 aromatic rings. The third-order valence-corrected chi connectivity index (χ3v) is 4.52. The monoisotopic (exact) mass is 427 g/mol. The summed E-state index contributed by atoms with van der Waals surface area (Å²) in [6.45, 7) is 2.99. The summed E-state index contributed by atoms with van der Waals surface area (Å²) in [6, 6.07) is 8.17. The molecule has 27 heavy (non-hydrogen) atoms. The second kappa shape index (κ2) is 8.69. The Bertz CT molecular complexity index is 952. The fraction of sp³-hybridized carbons (Fsp3) is 0.222. The molecule has 0 atom stereocenters. The summed E-state index contributed by atoms with van der Waals surface area (Å²) in [4.78, 5) is 12.2. The van der Waals surface area contributed by atoms with Gasteiger partial charge >= 0.3 is 0 Å². The molecule has 1 amide bonds. The Morgan fingerprint density at radius 2 is 2.04 bits per heavy atom. The Hall–Kier alpha value is -2.15. The van der Waals surface area contributed by atoms with Crippen molar-refractivity contribution in [1.29, 1.82) is 0 Å². The molecule has 1 aromatic carbocycles. The minimum absolute atomic E-state index is 0.126. The van der Waals surface area contributed by atoms with Crippen molar-refractivity contribution in [3.05, 3.63) is 68.8 Å². The van der Waals surface area contributed by atoms with Crippen LogP contribution >= 0.6 is 34.8 Å². The van der Waals surface area contributed by atoms with Gasteiger partial charge in [-0.25, -0.2) is 0 Å². The summed E-state index contributed by atoms with van der Waals surface area (Å²) in [5.74, 6) is 0.763. The molecule has 3 rings (SSSR count). The van der Waals surface area contributed by atoms with Gasteiger partial charge < -0.3 is 14.5 Å². The van der Waals surface area contributed by atoms with E-state index in [1.807, 2.05) is 6.92 Å². The Labute approximate surface area is 171 Å². The minimum atomic E-state index is -0.368. The summed E-state index contributed by atoms with van der Waals surface area (Å²) in [5.41, 5.74) is 0.597. The van der Waals surface area contributed by atoms with Crippen LogP contribution in [0.1, 0.15) is 28.9 Å². The molecule has 0 bridgehead atoms. The smallest absolute Gasteiger partial charge is 0.287 e. The highest BCUT2D eigenvalue weighted by Gasteiger charge is 2.14. The van der Waals surface area contributed by atoms with Crippen molar-refractivity contribution in [1.82, 2.24) is 15.1 Å². The van der Waals surface area contributed by atoms with Crippen molar-refractivity contribution in [3.8, 4) is 5.75 Å². The van der Waals surface area contributed by atoms with E-state index in [1.54, 1.807) is 41.2 Å². The number of hydrogen-bond donors (Lipinski definition) is 1. The number of halogens is 3. The Kier molecular flexibility index (Phi) is 6.31. The van der Waals surface area contributed by atoms with Gasteiger partial charge in [-0.15, -0.1) is 0 Å². The summed E-state index contributed by atoms with van der Waals surface area (Å²) in [6.07, 6.45) is 1.72. The van der Waals surface area contributed by atoms with Gasteiger partial charge in [-0.05, 0) is 37.3 Å². The largest absolute Gasteiger partial charge is 0.484 e. The molecule has 0 unspecified atom stereocenters. The lowest BCUT2D eigenvalue weighted by Crippen LogP contribution is -2.22. The van der Waals surface area contributed by atoms with E-state index >= 15 is 0 Å². The Balaban J connectivity index is 1.56. The number of carbonyl (C=O) groups excluding carboxylic acids is 1. The molecule has 0 fully saturated rings. The van der Waals surface area contributed by atoms with Crippen LogP contribution in [0, 0.1) is 0 Å². The number of nitrogens with one attached hydrogen (secondary N) is 1. The van der Waals surface area contributed by atoms with Crippen molar-refractivity contribution in [2.75, 3.05) is 0 Å². The zero-order chi connectivity index (χ0) is 19.4. The van der Waals surface area contributed by atoms with Crippen LogP contribution < -0.4 is 10.1 Å². The third kappa shape index (κ3) is 4.97. The van der Waals surface area contributed by atoms with Crippen LogP contribution in [-0.4, -0.2) is 15.7 Å². The number of aromatic nitrogens is 2. The highest BCUT2D eigenvalue weighted by molar-refractivity contribution is 6.35. The standard InChI is InChI=1S/C18H16Cl3N3O3/c1-2-24-9-14(21)15(23-24)8-22-18(25)17-6-4-12(27-17)10-26-16-5-3-11(19)7-13(16)20/h3-7,9H,2,8,10H2,1H3,(H,22,25). The zero-order valence-corrected chi connectivity index (χ0v) is 16.6. The van der Waals surface area contributed by atoms with Crippen LogP contribution in [0.15, 0.2) is 40.9 Å². The summed E-state index contributed by atoms with van der Waals surface area (Å²) < 4.78 is 12.8. The number of benzene rings is 1. The SMILES string of the molecule is CCn1cc(Cl)c(CNC(=O)c2ccc(COc3ccc(Cl)cc3Cl)o2)n1. The maximum atomic E-state index is 12.2. The van der Waals surface area contributed by atoms with Crippen LogP contribution in [-0.2, 0) is 19.7 Å². The molecule has 142 valence electrons. The fourth-order valence-electron chi connectivity index (χ4n) is 2.29. The molecule has 0 aliphatic carbocycles. The molecule has 0 saturated carbocycles. The van der Waals surface area contributed by atoms with Crippen molar-refractivity contribution in [3.63, 3.8) is 0 Å². The lowest BCUT2D eigenvalue weighted by atomic mass is 10.3. The number of furan rings is 1. The molecule has 0 radical (unpaired) electrons. The predicted molar refractivity (Wildman–Crippen MR) is 104 cm³/mol. The molecule has 0 aliphatic heterocycles. The van der Waals surface area contributed by atoms with Gasteiger partial charge in [-0.1, -0.05) is 34.8 Å². The van der Waals surface area contributed by atoms with Crippen LogP contribution in [0.2, 0.25) is 15.1 Å². The van der Waals surface area contributed by atoms with E-state index in [2.05, 4.69) is 10.4 Å². The second-order valence-corrected chi connectivity index (χ2v) is 6.84. The molecule has 0 spiro atoms. The maximum Gasteiger partial charge on any atom is 0.287 e. The minimum Gasteiger partial charge on any atom is -0.484 e. The number of ether oxygens (including phenoxy) is 1. The number of hydrogen-bond acceptors (Lipinski definition) is 4. The predicted octanol–water partition coefficient (Wildman–Crippen LogP) is 4.97. The summed E-state index contributed by atoms with van der Waals surface area (Å²) >= 11 is 18.0. The first kappa shape index (κ1) is 19.6. The summed E-state index contributed by atoms with van der Waals surface area (Å²) in [5, 5.41) is 8.43. The van der Waals surface area contributed by atoms with E-state index in [0.29, 0.717) is 38.8 Å². The lowest BCUT2D eigenvalue weighted by Gasteiger charge is -2.06. The molecular formula is C18H16Cl3N3O3. The molecule has 9 heteroatoms. The van der Waals surface area contributed by atoms with Gasteiger partial charge in [0.15, 0.2) is 5.76 Å². The van der Waals surface area contributed by atoms with Gasteiger partial charge in [-0.2, -0.15) is 5.10 Å². The van der Waals surface area contributed by atoms with Gasteiger partial charge in [0.05, 0.1) is 16.6 Å². The van der Waals surface area contributed by atoms with E-state index in [9.17, 15) is 4.79 Å². The number of rotatable bonds is 7. The van der Waals surface area contributed by atoms with Crippen molar-refractivity contribution in [2.24, 2.45) is 0 Å². The van der Waals surface area contributed by atoms with Gasteiger partial charge in [0.25, 0.3) is 5.91 Å². The van der Waals surface area contributed by atoms with E-state index < -0.39 is 0 Å². The molecule has 6 nitrogen and oxygen atoms in total. The van der Waals surface area contributed by atoms with Crippen LogP contribution in [0.5, 0.6) is 5.75 Å². The van der Waals surface area contributed by atoms with Crippen molar-refractivity contribution in [2.45, 2.75) is 26.6 Å². The average Bonchev–Trinajstić information content (AvgIpc) is 3.25. The molecular weight excluding hydrogens is 413 g/mol. The highest BCUT2D eigenvalue weighted by atomic mass is 35.5. The maximum absolute atomic E-state index is 12.2. The highest BCUT2D eigenvalue weighted by Crippen LogP contribution is 2.28. The van der Waals surface area contributed by atoms with Crippen LogP contribution in [0.4, 0.5) is 0 Å². The average molecular weight is 429 g/mol. The van der Waals surface area contributed by atoms with E-state index in [0.717, 1.165) is 0 Å². The zero-order valence-electron chi connectivity index (χ0n) is 14.3. The Morgan fingerprint density at radius 1 is 1.22 bits per heavy atom.